The minimum Gasteiger partial charge on any atom is -0.494 e. The molecule has 0 fully saturated rings. The van der Waals surface area contributed by atoms with Crippen LogP contribution in [-0.4, -0.2) is 46.7 Å². The zero-order valence-electron chi connectivity index (χ0n) is 23.6. The van der Waals surface area contributed by atoms with Gasteiger partial charge in [-0.2, -0.15) is 10.2 Å². The van der Waals surface area contributed by atoms with Gasteiger partial charge in [0, 0.05) is 23.7 Å². The van der Waals surface area contributed by atoms with Crippen LogP contribution in [0.25, 0.3) is 22.4 Å². The normalized spacial score (nSPS) is 11.2. The van der Waals surface area contributed by atoms with Crippen LogP contribution in [0.3, 0.4) is 0 Å². The summed E-state index contributed by atoms with van der Waals surface area (Å²) in [5.41, 5.74) is 7.72. The number of aromatic nitrogens is 2. The molecule has 1 heterocycles. The molecule has 2 N–H and O–H groups in total. The molecule has 9 nitrogen and oxygen atoms in total. The molecule has 0 spiro atoms. The largest absolute Gasteiger partial charge is 0.494 e. The number of ether oxygens (including phenoxy) is 2. The maximum atomic E-state index is 12.2. The Labute approximate surface area is 225 Å². The molecule has 0 radical (unpaired) electrons. The minimum atomic E-state index is -0.629. The second-order valence-electron chi connectivity index (χ2n) is 9.18. The number of alkyl carbamates (subject to hydrolysis) is 1. The predicted octanol–water partition coefficient (Wildman–Crippen LogP) is 5.46. The number of amides is 2. The van der Waals surface area contributed by atoms with Gasteiger partial charge in [0.1, 0.15) is 11.4 Å². The van der Waals surface area contributed by atoms with Crippen LogP contribution in [0.2, 0.25) is 0 Å². The van der Waals surface area contributed by atoms with E-state index in [0.29, 0.717) is 18.7 Å². The molecule has 0 aliphatic rings. The lowest BCUT2D eigenvalue weighted by molar-refractivity contribution is -0.109. The quantitative estimate of drug-likeness (QED) is 0.221. The Hall–Kier alpha value is -4.14. The van der Waals surface area contributed by atoms with E-state index in [0.717, 1.165) is 39.3 Å². The molecule has 0 bridgehead atoms. The number of aryl methyl sites for hydroxylation is 2. The first-order valence-electron chi connectivity index (χ1n) is 12.7. The molecule has 0 aliphatic heterocycles. The first-order chi connectivity index (χ1) is 18.1. The molecule has 0 aliphatic carbocycles. The molecule has 0 saturated carbocycles. The molecule has 2 aromatic carbocycles. The highest BCUT2D eigenvalue weighted by atomic mass is 16.6. The lowest BCUT2D eigenvalue weighted by Gasteiger charge is -2.20. The van der Waals surface area contributed by atoms with Crippen molar-refractivity contribution in [1.82, 2.24) is 20.5 Å². The molecule has 0 saturated heterocycles. The minimum absolute atomic E-state index is 0.0683. The number of rotatable bonds is 9. The van der Waals surface area contributed by atoms with Gasteiger partial charge in [-0.15, -0.1) is 0 Å². The van der Waals surface area contributed by atoms with Crippen LogP contribution >= 0.6 is 0 Å². The average Bonchev–Trinajstić information content (AvgIpc) is 3.27. The van der Waals surface area contributed by atoms with E-state index in [2.05, 4.69) is 20.9 Å². The van der Waals surface area contributed by atoms with Crippen molar-refractivity contribution in [2.75, 3.05) is 13.2 Å². The summed E-state index contributed by atoms with van der Waals surface area (Å²) in [4.78, 5) is 23.2. The second-order valence-corrected chi connectivity index (χ2v) is 9.18. The van der Waals surface area contributed by atoms with E-state index < -0.39 is 11.7 Å². The number of hydrogen-bond donors (Lipinski definition) is 2. The first kappa shape index (κ1) is 30.1. The van der Waals surface area contributed by atoms with Crippen molar-refractivity contribution in [3.63, 3.8) is 0 Å². The fourth-order valence-corrected chi connectivity index (χ4v) is 3.74. The van der Waals surface area contributed by atoms with Gasteiger partial charge in [-0.25, -0.2) is 10.2 Å². The van der Waals surface area contributed by atoms with Gasteiger partial charge in [0.2, 0.25) is 6.41 Å². The molecule has 204 valence electrons. The van der Waals surface area contributed by atoms with E-state index in [1.54, 1.807) is 20.8 Å². The van der Waals surface area contributed by atoms with Gasteiger partial charge in [0.25, 0.3) is 0 Å². The summed E-state index contributed by atoms with van der Waals surface area (Å²) in [7, 11) is 1.90. The summed E-state index contributed by atoms with van der Waals surface area (Å²) < 4.78 is 12.7. The van der Waals surface area contributed by atoms with Gasteiger partial charge < -0.3 is 14.8 Å². The van der Waals surface area contributed by atoms with Gasteiger partial charge in [-0.1, -0.05) is 26.0 Å². The Bertz CT molecular complexity index is 1240. The summed E-state index contributed by atoms with van der Waals surface area (Å²) in [6, 6.07) is 13.9. The maximum absolute atomic E-state index is 12.2. The van der Waals surface area contributed by atoms with Crippen molar-refractivity contribution in [1.29, 1.82) is 0 Å². The molecule has 2 amide bonds. The van der Waals surface area contributed by atoms with Crippen molar-refractivity contribution in [3.8, 4) is 28.1 Å². The van der Waals surface area contributed by atoms with Crippen molar-refractivity contribution < 1.29 is 19.1 Å². The second kappa shape index (κ2) is 14.0. The van der Waals surface area contributed by atoms with Crippen LogP contribution in [0.5, 0.6) is 5.75 Å². The third kappa shape index (κ3) is 8.19. The predicted molar refractivity (Wildman–Crippen MR) is 151 cm³/mol. The number of carbonyl (C=O) groups is 2. The molecule has 38 heavy (non-hydrogen) atoms. The monoisotopic (exact) mass is 521 g/mol. The fraction of sp³-hybridized carbons (Fsp3) is 0.379. The molecular formula is C29H39N5O4. The van der Waals surface area contributed by atoms with Crippen molar-refractivity contribution in [3.05, 3.63) is 59.8 Å². The van der Waals surface area contributed by atoms with E-state index in [-0.39, 0.29) is 6.54 Å². The van der Waals surface area contributed by atoms with Crippen LogP contribution in [0.4, 0.5) is 4.79 Å². The van der Waals surface area contributed by atoms with Gasteiger partial charge in [-0.3, -0.25) is 9.48 Å². The van der Waals surface area contributed by atoms with Crippen molar-refractivity contribution >= 4 is 18.2 Å². The lowest BCUT2D eigenvalue weighted by atomic mass is 9.95. The fourth-order valence-electron chi connectivity index (χ4n) is 3.74. The average molecular weight is 522 g/mol. The Morgan fingerprint density at radius 2 is 1.76 bits per heavy atom. The highest BCUT2D eigenvalue weighted by molar-refractivity contribution is 6.05. The molecule has 3 rings (SSSR count). The van der Waals surface area contributed by atoms with E-state index >= 15 is 0 Å². The highest BCUT2D eigenvalue weighted by Gasteiger charge is 2.19. The summed E-state index contributed by atoms with van der Waals surface area (Å²) in [6.45, 7) is 13.9. The molecule has 0 atom stereocenters. The first-order valence-corrected chi connectivity index (χ1v) is 12.7. The maximum Gasteiger partial charge on any atom is 0.407 e. The Balaban J connectivity index is 0.00000247. The van der Waals surface area contributed by atoms with Crippen LogP contribution < -0.4 is 15.5 Å². The van der Waals surface area contributed by atoms with E-state index in [4.69, 9.17) is 9.47 Å². The molecule has 9 heteroatoms. The lowest BCUT2D eigenvalue weighted by Crippen LogP contribution is -2.36. The number of nitrogens with one attached hydrogen (secondary N) is 2. The Morgan fingerprint density at radius 3 is 2.37 bits per heavy atom. The Kier molecular flexibility index (Phi) is 11.1. The summed E-state index contributed by atoms with van der Waals surface area (Å²) in [6.07, 6.45) is 1.73. The Morgan fingerprint density at radius 1 is 1.11 bits per heavy atom. The number of benzene rings is 2. The molecule has 0 unspecified atom stereocenters. The topological polar surface area (TPSA) is 107 Å². The van der Waals surface area contributed by atoms with Crippen LogP contribution in [0.1, 0.15) is 52.7 Å². The van der Waals surface area contributed by atoms with Crippen molar-refractivity contribution in [2.24, 2.45) is 12.1 Å². The van der Waals surface area contributed by atoms with E-state index in [9.17, 15) is 9.59 Å². The number of carbonyl (C=O) groups excluding carboxylic acids is 2. The zero-order chi connectivity index (χ0) is 28.3. The highest BCUT2D eigenvalue weighted by Crippen LogP contribution is 2.33. The van der Waals surface area contributed by atoms with E-state index in [1.165, 1.54) is 0 Å². The number of hydrogen-bond acceptors (Lipinski definition) is 6. The number of nitrogens with zero attached hydrogens (tertiary/aromatic N) is 3. The van der Waals surface area contributed by atoms with Crippen LogP contribution in [0.15, 0.2) is 53.8 Å². The van der Waals surface area contributed by atoms with Crippen LogP contribution in [0, 0.1) is 6.92 Å². The standard InChI is InChI=1S/C27H33N5O4.C2H6/c1-7-35-21-12-10-19(11-13-21)25-23(15-30-32(25)6)20-9-8-18(2)22(14-20)24(31-29-17-33)16-28-26(34)36-27(3,4)5;1-2/h8-15,17H,7,16H2,1-6H3,(H,28,34)(H,29,33);1-2H3/b31-24-;. The zero-order valence-corrected chi connectivity index (χ0v) is 23.6. The smallest absolute Gasteiger partial charge is 0.407 e. The molecule has 1 aromatic heterocycles. The summed E-state index contributed by atoms with van der Waals surface area (Å²) >= 11 is 0. The van der Waals surface area contributed by atoms with Crippen LogP contribution in [-0.2, 0) is 16.6 Å². The summed E-state index contributed by atoms with van der Waals surface area (Å²) in [5.74, 6) is 0.809. The third-order valence-electron chi connectivity index (χ3n) is 5.29. The van der Waals surface area contributed by atoms with E-state index in [1.807, 2.05) is 88.1 Å². The third-order valence-corrected chi connectivity index (χ3v) is 5.29. The van der Waals surface area contributed by atoms with Gasteiger partial charge in [-0.05, 0) is 76.1 Å². The number of hydrazone groups is 1. The SMILES string of the molecule is CC.CCOc1ccc(-c2c(-c3ccc(C)c(/C(CNC(=O)OC(C)(C)C)=N\NC=O)c3)cnn2C)cc1. The van der Waals surface area contributed by atoms with Gasteiger partial charge >= 0.3 is 6.09 Å². The molecule has 3 aromatic rings. The van der Waals surface area contributed by atoms with Gasteiger partial charge in [0.05, 0.1) is 30.8 Å². The van der Waals surface area contributed by atoms with Gasteiger partial charge in [0.15, 0.2) is 0 Å². The summed E-state index contributed by atoms with van der Waals surface area (Å²) in [5, 5.41) is 11.4. The molecular weight excluding hydrogens is 482 g/mol. The van der Waals surface area contributed by atoms with Crippen molar-refractivity contribution in [2.45, 2.75) is 54.1 Å².